The molecule has 0 saturated carbocycles. The molecule has 0 spiro atoms. The fourth-order valence-electron chi connectivity index (χ4n) is 9.85. The molecule has 12 aromatic rings. The van der Waals surface area contributed by atoms with Crippen LogP contribution in [0.2, 0.25) is 0 Å². The molecule has 0 saturated heterocycles. The highest BCUT2D eigenvalue weighted by atomic mass is 32.1. The van der Waals surface area contributed by atoms with Gasteiger partial charge >= 0.3 is 0 Å². The van der Waals surface area contributed by atoms with E-state index in [0.717, 1.165) is 23.1 Å². The minimum Gasteiger partial charge on any atom is -0.208 e. The lowest BCUT2D eigenvalue weighted by Gasteiger charge is -2.14. The van der Waals surface area contributed by atoms with Crippen molar-refractivity contribution in [2.45, 2.75) is 6.42 Å². The van der Waals surface area contributed by atoms with Gasteiger partial charge in [0.05, 0.1) is 0 Å². The largest absolute Gasteiger partial charge is 0.208 e. The summed E-state index contributed by atoms with van der Waals surface area (Å²) in [5.74, 6) is 1.99. The number of benzene rings is 10. The second-order valence-corrected chi connectivity index (χ2v) is 17.4. The third-order valence-electron chi connectivity index (χ3n) is 12.7. The van der Waals surface area contributed by atoms with Crippen LogP contribution in [0, 0.1) is 0 Å². The molecule has 0 radical (unpaired) electrons. The van der Waals surface area contributed by atoms with Crippen LogP contribution >= 0.6 is 11.3 Å². The molecule has 4 heteroatoms. The van der Waals surface area contributed by atoms with Crippen molar-refractivity contribution in [3.8, 4) is 67.5 Å². The Labute approximate surface area is 362 Å². The second kappa shape index (κ2) is 13.9. The maximum absolute atomic E-state index is 5.36. The summed E-state index contributed by atoms with van der Waals surface area (Å²) in [5.41, 5.74) is 12.9. The number of thiophene rings is 1. The van der Waals surface area contributed by atoms with Gasteiger partial charge in [-0.2, -0.15) is 0 Å². The van der Waals surface area contributed by atoms with Gasteiger partial charge in [0.25, 0.3) is 0 Å². The molecule has 2 heterocycles. The Morgan fingerprint density at radius 2 is 0.887 bits per heavy atom. The fourth-order valence-corrected chi connectivity index (χ4v) is 11.0. The van der Waals surface area contributed by atoms with E-state index < -0.39 is 0 Å². The van der Waals surface area contributed by atoms with E-state index in [1.807, 2.05) is 29.5 Å². The molecule has 288 valence electrons. The summed E-state index contributed by atoms with van der Waals surface area (Å²) < 4.78 is 2.60. The minimum atomic E-state index is 0.656. The van der Waals surface area contributed by atoms with Gasteiger partial charge in [-0.15, -0.1) is 11.3 Å². The zero-order chi connectivity index (χ0) is 40.7. The van der Waals surface area contributed by atoms with Crippen LogP contribution < -0.4 is 0 Å². The average molecular weight is 806 g/mol. The average Bonchev–Trinajstić information content (AvgIpc) is 3.92. The van der Waals surface area contributed by atoms with E-state index in [0.29, 0.717) is 17.5 Å². The number of hydrogen-bond acceptors (Lipinski definition) is 4. The Kier molecular flexibility index (Phi) is 7.84. The quantitative estimate of drug-likeness (QED) is 0.163. The lowest BCUT2D eigenvalue weighted by atomic mass is 9.93. The summed E-state index contributed by atoms with van der Waals surface area (Å²) >= 11 is 1.87. The van der Waals surface area contributed by atoms with Gasteiger partial charge in [-0.1, -0.05) is 170 Å². The number of nitrogens with zero attached hydrogens (tertiary/aromatic N) is 3. The molecule has 0 fully saturated rings. The predicted octanol–water partition coefficient (Wildman–Crippen LogP) is 15.6. The van der Waals surface area contributed by atoms with Crippen LogP contribution in [0.4, 0.5) is 0 Å². The monoisotopic (exact) mass is 805 g/mol. The summed E-state index contributed by atoms with van der Waals surface area (Å²) in [5, 5.41) is 9.97. The number of aromatic nitrogens is 3. The first-order valence-electron chi connectivity index (χ1n) is 21.1. The van der Waals surface area contributed by atoms with Gasteiger partial charge < -0.3 is 0 Å². The van der Waals surface area contributed by atoms with E-state index in [4.69, 9.17) is 15.0 Å². The Hall–Kier alpha value is -7.79. The number of rotatable bonds is 5. The second-order valence-electron chi connectivity index (χ2n) is 16.3. The molecular formula is C58H35N3S. The topological polar surface area (TPSA) is 38.7 Å². The Morgan fingerprint density at radius 3 is 1.65 bits per heavy atom. The van der Waals surface area contributed by atoms with E-state index in [-0.39, 0.29) is 0 Å². The summed E-state index contributed by atoms with van der Waals surface area (Å²) in [7, 11) is 0. The van der Waals surface area contributed by atoms with Crippen molar-refractivity contribution in [2.24, 2.45) is 0 Å². The van der Waals surface area contributed by atoms with Crippen LogP contribution in [0.3, 0.4) is 0 Å². The van der Waals surface area contributed by atoms with E-state index in [9.17, 15) is 0 Å². The first-order valence-corrected chi connectivity index (χ1v) is 22.0. The third kappa shape index (κ3) is 5.54. The maximum Gasteiger partial charge on any atom is 0.164 e. The van der Waals surface area contributed by atoms with Crippen LogP contribution in [0.5, 0.6) is 0 Å². The van der Waals surface area contributed by atoms with Gasteiger partial charge in [0.1, 0.15) is 0 Å². The van der Waals surface area contributed by atoms with Crippen LogP contribution in [0.1, 0.15) is 11.1 Å². The molecule has 0 N–H and O–H groups in total. The first kappa shape index (κ1) is 35.0. The summed E-state index contributed by atoms with van der Waals surface area (Å²) in [6.07, 6.45) is 0.861. The highest BCUT2D eigenvalue weighted by Crippen LogP contribution is 2.47. The van der Waals surface area contributed by atoms with Crippen molar-refractivity contribution < 1.29 is 0 Å². The molecule has 62 heavy (non-hydrogen) atoms. The van der Waals surface area contributed by atoms with Gasteiger partial charge in [-0.25, -0.2) is 15.0 Å². The van der Waals surface area contributed by atoms with Crippen molar-refractivity contribution in [3.63, 3.8) is 0 Å². The van der Waals surface area contributed by atoms with Gasteiger partial charge in [0, 0.05) is 36.9 Å². The number of hydrogen-bond donors (Lipinski definition) is 0. The van der Waals surface area contributed by atoms with Crippen LogP contribution in [-0.4, -0.2) is 15.0 Å². The highest BCUT2D eigenvalue weighted by Gasteiger charge is 2.26. The Bertz CT molecular complexity index is 3740. The Morgan fingerprint density at radius 1 is 0.306 bits per heavy atom. The standard InChI is InChI=1S/C58H35N3S/c1-3-13-35(14-4-1)37-28-30-52-51(32-37)55-42(22-12-24-53(55)62-52)39-26-25-38-31-40-17-11-23-48(54(40)49(38)33-39)58-60-56(36-15-5-2-6-16-36)59-57(61-58)41-27-29-47-45-20-8-7-18-43(45)44-19-9-10-21-46(44)50(47)34-41/h1-30,32-34H,31H2. The summed E-state index contributed by atoms with van der Waals surface area (Å²) in [6, 6.07) is 72.3. The third-order valence-corrected chi connectivity index (χ3v) is 13.9. The first-order chi connectivity index (χ1) is 30.7. The lowest BCUT2D eigenvalue weighted by molar-refractivity contribution is 1.07. The van der Waals surface area contributed by atoms with Crippen molar-refractivity contribution in [3.05, 3.63) is 211 Å². The normalized spacial score (nSPS) is 12.1. The Balaban J connectivity index is 0.985. The van der Waals surface area contributed by atoms with Crippen molar-refractivity contribution in [1.82, 2.24) is 15.0 Å². The van der Waals surface area contributed by atoms with Crippen LogP contribution in [0.15, 0.2) is 200 Å². The zero-order valence-corrected chi connectivity index (χ0v) is 34.3. The lowest BCUT2D eigenvalue weighted by Crippen LogP contribution is -2.01. The van der Waals surface area contributed by atoms with Gasteiger partial charge in [0.15, 0.2) is 17.5 Å². The molecule has 0 unspecified atom stereocenters. The summed E-state index contributed by atoms with van der Waals surface area (Å²) in [4.78, 5) is 15.8. The molecular weight excluding hydrogens is 771 g/mol. The molecule has 1 aliphatic carbocycles. The van der Waals surface area contributed by atoms with Crippen molar-refractivity contribution in [1.29, 1.82) is 0 Å². The summed E-state index contributed by atoms with van der Waals surface area (Å²) in [6.45, 7) is 0. The van der Waals surface area contributed by atoms with Gasteiger partial charge in [-0.3, -0.25) is 0 Å². The van der Waals surface area contributed by atoms with Crippen molar-refractivity contribution >= 4 is 63.8 Å². The highest BCUT2D eigenvalue weighted by molar-refractivity contribution is 7.26. The minimum absolute atomic E-state index is 0.656. The number of fused-ring (bicyclic) bond motifs is 12. The molecule has 3 nitrogen and oxygen atoms in total. The van der Waals surface area contributed by atoms with Gasteiger partial charge in [0.2, 0.25) is 0 Å². The molecule has 10 aromatic carbocycles. The molecule has 2 aromatic heterocycles. The molecule has 0 bridgehead atoms. The van der Waals surface area contributed by atoms with E-state index in [1.165, 1.54) is 97.0 Å². The zero-order valence-electron chi connectivity index (χ0n) is 33.5. The fraction of sp³-hybridized carbons (Fsp3) is 0.0172. The molecule has 0 amide bonds. The van der Waals surface area contributed by atoms with E-state index in [1.54, 1.807) is 0 Å². The molecule has 0 aliphatic heterocycles. The van der Waals surface area contributed by atoms with Crippen LogP contribution in [0.25, 0.3) is 120 Å². The van der Waals surface area contributed by atoms with E-state index in [2.05, 4.69) is 182 Å². The molecule has 13 rings (SSSR count). The van der Waals surface area contributed by atoms with Crippen LogP contribution in [-0.2, 0) is 6.42 Å². The van der Waals surface area contributed by atoms with E-state index >= 15 is 0 Å². The maximum atomic E-state index is 5.36. The SMILES string of the molecule is c1ccc(-c2ccc3sc4cccc(-c5ccc6c(c5)-c5c(cccc5-c5nc(-c7ccccc7)nc(-c7ccc8c9ccccc9c9ccccc9c8c7)n5)C6)c4c3c2)cc1. The van der Waals surface area contributed by atoms with Crippen molar-refractivity contribution in [2.75, 3.05) is 0 Å². The van der Waals surface area contributed by atoms with Gasteiger partial charge in [-0.05, 0) is 114 Å². The molecule has 0 atom stereocenters. The predicted molar refractivity (Wildman–Crippen MR) is 261 cm³/mol. The molecule has 1 aliphatic rings. The smallest absolute Gasteiger partial charge is 0.164 e.